The molecule has 3 rings (SSSR count). The first kappa shape index (κ1) is 24.0. The van der Waals surface area contributed by atoms with Crippen LogP contribution in [0.5, 0.6) is 5.75 Å². The number of nitrogens with zero attached hydrogens (tertiary/aromatic N) is 2. The number of amides is 1. The van der Waals surface area contributed by atoms with Crippen LogP contribution in [-0.2, 0) is 14.8 Å². The lowest BCUT2D eigenvalue weighted by Gasteiger charge is -2.29. The first-order valence-electron chi connectivity index (χ1n) is 10.1. The van der Waals surface area contributed by atoms with Crippen molar-refractivity contribution < 1.29 is 23.2 Å². The summed E-state index contributed by atoms with van der Waals surface area (Å²) >= 11 is 0. The molecule has 0 aliphatic heterocycles. The van der Waals surface area contributed by atoms with Gasteiger partial charge in [-0.15, -0.1) is 0 Å². The number of sulfonamides is 1. The van der Waals surface area contributed by atoms with Gasteiger partial charge in [-0.05, 0) is 67.9 Å². The van der Waals surface area contributed by atoms with Crippen LogP contribution >= 0.6 is 0 Å². The first-order valence-corrected chi connectivity index (χ1v) is 11.6. The highest BCUT2D eigenvalue weighted by Crippen LogP contribution is 2.31. The number of aromatic nitrogens is 1. The van der Waals surface area contributed by atoms with Crippen LogP contribution in [0.15, 0.2) is 83.9 Å². The number of anilines is 1. The van der Waals surface area contributed by atoms with Crippen molar-refractivity contribution in [2.75, 3.05) is 11.4 Å². The number of hydrogen-bond acceptors (Lipinski definition) is 6. The summed E-state index contributed by atoms with van der Waals surface area (Å²) in [5.74, 6) is -0.174. The number of pyridine rings is 1. The molecule has 2 N–H and O–H groups in total. The molecule has 0 unspecified atom stereocenters. The molecule has 0 spiro atoms. The molecule has 0 saturated carbocycles. The quantitative estimate of drug-likeness (QED) is 0.298. The summed E-state index contributed by atoms with van der Waals surface area (Å²) in [5.41, 5.74) is 3.49. The molecule has 1 amide bonds. The number of ether oxygens (including phenoxy) is 1. The van der Waals surface area contributed by atoms with Crippen molar-refractivity contribution in [1.82, 2.24) is 10.5 Å². The minimum Gasteiger partial charge on any atom is -0.497 e. The highest BCUT2D eigenvalue weighted by molar-refractivity contribution is 7.92. The number of carbonyl (C=O) groups is 1. The van der Waals surface area contributed by atoms with Crippen molar-refractivity contribution in [1.29, 1.82) is 0 Å². The van der Waals surface area contributed by atoms with Crippen molar-refractivity contribution in [3.8, 4) is 5.75 Å². The average Bonchev–Trinajstić information content (AvgIpc) is 2.82. The molecule has 8 nitrogen and oxygen atoms in total. The van der Waals surface area contributed by atoms with E-state index < -0.39 is 22.0 Å². The number of hydroxylamine groups is 1. The van der Waals surface area contributed by atoms with Crippen LogP contribution in [0.4, 0.5) is 5.69 Å². The van der Waals surface area contributed by atoms with Gasteiger partial charge in [0.15, 0.2) is 0 Å². The fraction of sp³-hybridized carbons (Fsp3) is 0.167. The largest absolute Gasteiger partial charge is 0.497 e. The Labute approximate surface area is 193 Å². The smallest absolute Gasteiger partial charge is 0.268 e. The monoisotopic (exact) mass is 467 g/mol. The second-order valence-electron chi connectivity index (χ2n) is 7.37. The Morgan fingerprint density at radius 2 is 1.82 bits per heavy atom. The molecule has 3 aromatic rings. The van der Waals surface area contributed by atoms with Gasteiger partial charge in [0.1, 0.15) is 5.75 Å². The van der Waals surface area contributed by atoms with Crippen LogP contribution in [-0.4, -0.2) is 37.7 Å². The molecule has 0 radical (unpaired) electrons. The predicted molar refractivity (Wildman–Crippen MR) is 125 cm³/mol. The Balaban J connectivity index is 2.11. The van der Waals surface area contributed by atoms with Crippen molar-refractivity contribution in [3.05, 3.63) is 90.3 Å². The van der Waals surface area contributed by atoms with E-state index in [2.05, 4.69) is 4.98 Å². The van der Waals surface area contributed by atoms with Crippen LogP contribution in [0.2, 0.25) is 0 Å². The molecule has 1 heterocycles. The highest BCUT2D eigenvalue weighted by Gasteiger charge is 2.28. The van der Waals surface area contributed by atoms with Gasteiger partial charge < -0.3 is 4.74 Å². The van der Waals surface area contributed by atoms with Crippen LogP contribution in [0, 0.1) is 0 Å². The van der Waals surface area contributed by atoms with Gasteiger partial charge in [0.05, 0.1) is 23.4 Å². The molecule has 0 aliphatic carbocycles. The number of methoxy groups -OCH3 is 1. The molecule has 2 aromatic carbocycles. The predicted octanol–water partition coefficient (Wildman–Crippen LogP) is 3.63. The fourth-order valence-corrected chi connectivity index (χ4v) is 5.03. The van der Waals surface area contributed by atoms with E-state index in [-0.39, 0.29) is 4.90 Å². The number of carbonyl (C=O) groups excluding carboxylic acids is 1. The molecule has 0 fully saturated rings. The molecular weight excluding hydrogens is 442 g/mol. The van der Waals surface area contributed by atoms with E-state index in [0.717, 1.165) is 0 Å². The normalized spacial score (nSPS) is 11.8. The summed E-state index contributed by atoms with van der Waals surface area (Å²) < 4.78 is 33.5. The molecule has 9 heteroatoms. The molecule has 33 heavy (non-hydrogen) atoms. The molecule has 0 aliphatic rings. The zero-order valence-corrected chi connectivity index (χ0v) is 19.3. The van der Waals surface area contributed by atoms with Crippen molar-refractivity contribution in [2.45, 2.75) is 24.8 Å². The molecule has 0 bridgehead atoms. The summed E-state index contributed by atoms with van der Waals surface area (Å²) in [5, 5.41) is 9.00. The summed E-state index contributed by atoms with van der Waals surface area (Å²) in [4.78, 5) is 16.3. The van der Waals surface area contributed by atoms with Crippen LogP contribution in [0.1, 0.15) is 25.1 Å². The van der Waals surface area contributed by atoms with Gasteiger partial charge in [0, 0.05) is 23.9 Å². The third kappa shape index (κ3) is 5.39. The van der Waals surface area contributed by atoms with E-state index in [9.17, 15) is 13.2 Å². The maximum Gasteiger partial charge on any atom is 0.268 e. The van der Waals surface area contributed by atoms with Gasteiger partial charge in [-0.25, -0.2) is 13.9 Å². The molecule has 0 atom stereocenters. The standard InChI is InChI=1S/C24H25N3O5S/c1-17(2)27(33(30,31)21-12-10-20(32-3)11-13-21)19-8-6-7-18(15-19)22(16-24(28)26-29)23-9-4-5-14-25-23/h4-17,29H,1-3H3,(H,26,28). The second kappa shape index (κ2) is 10.3. The lowest BCUT2D eigenvalue weighted by Crippen LogP contribution is -2.37. The van der Waals surface area contributed by atoms with Gasteiger partial charge in [-0.2, -0.15) is 0 Å². The third-order valence-corrected chi connectivity index (χ3v) is 6.84. The summed E-state index contributed by atoms with van der Waals surface area (Å²) in [6, 6.07) is 17.8. The summed E-state index contributed by atoms with van der Waals surface area (Å²) in [7, 11) is -2.38. The Hall–Kier alpha value is -3.69. The molecule has 1 aromatic heterocycles. The highest BCUT2D eigenvalue weighted by atomic mass is 32.2. The minimum absolute atomic E-state index is 0.127. The van der Waals surface area contributed by atoms with Crippen LogP contribution in [0.25, 0.3) is 5.57 Å². The van der Waals surface area contributed by atoms with Crippen molar-refractivity contribution in [3.63, 3.8) is 0 Å². The second-order valence-corrected chi connectivity index (χ2v) is 9.18. The zero-order valence-electron chi connectivity index (χ0n) is 18.5. The number of nitrogens with one attached hydrogen (secondary N) is 1. The molecule has 172 valence electrons. The number of benzene rings is 2. The number of rotatable bonds is 8. The zero-order chi connectivity index (χ0) is 24.0. The first-order chi connectivity index (χ1) is 15.8. The van der Waals surface area contributed by atoms with E-state index in [4.69, 9.17) is 9.94 Å². The SMILES string of the molecule is COc1ccc(S(=O)(=O)N(c2cccc(C(=CC(=O)NO)c3ccccn3)c2)C(C)C)cc1. The van der Waals surface area contributed by atoms with Crippen molar-refractivity contribution in [2.24, 2.45) is 0 Å². The fourth-order valence-electron chi connectivity index (χ4n) is 3.38. The molecular formula is C24H25N3O5S. The Kier molecular flexibility index (Phi) is 7.47. The lowest BCUT2D eigenvalue weighted by atomic mass is 10.0. The van der Waals surface area contributed by atoms with E-state index in [1.54, 1.807) is 80.1 Å². The van der Waals surface area contributed by atoms with E-state index in [1.807, 2.05) is 0 Å². The van der Waals surface area contributed by atoms with Gasteiger partial charge >= 0.3 is 0 Å². The van der Waals surface area contributed by atoms with E-state index >= 15 is 0 Å². The topological polar surface area (TPSA) is 109 Å². The van der Waals surface area contributed by atoms with Crippen LogP contribution in [0.3, 0.4) is 0 Å². The Morgan fingerprint density at radius 3 is 2.39 bits per heavy atom. The molecule has 0 saturated heterocycles. The van der Waals surface area contributed by atoms with Gasteiger partial charge in [0.25, 0.3) is 15.9 Å². The third-order valence-electron chi connectivity index (χ3n) is 4.82. The minimum atomic E-state index is -3.89. The lowest BCUT2D eigenvalue weighted by molar-refractivity contribution is -0.124. The number of hydrogen-bond donors (Lipinski definition) is 2. The average molecular weight is 468 g/mol. The Morgan fingerprint density at radius 1 is 1.09 bits per heavy atom. The van der Waals surface area contributed by atoms with Gasteiger partial charge in [-0.3, -0.25) is 19.3 Å². The van der Waals surface area contributed by atoms with Crippen LogP contribution < -0.4 is 14.5 Å². The van der Waals surface area contributed by atoms with Gasteiger partial charge in [0.2, 0.25) is 0 Å². The summed E-state index contributed by atoms with van der Waals surface area (Å²) in [6.07, 6.45) is 2.79. The Bertz CT molecular complexity index is 1240. The van der Waals surface area contributed by atoms with Gasteiger partial charge in [-0.1, -0.05) is 18.2 Å². The maximum absolute atomic E-state index is 13.5. The maximum atomic E-state index is 13.5. The van der Waals surface area contributed by atoms with E-state index in [0.29, 0.717) is 28.3 Å². The van der Waals surface area contributed by atoms with Crippen molar-refractivity contribution >= 4 is 27.2 Å². The summed E-state index contributed by atoms with van der Waals surface area (Å²) in [6.45, 7) is 3.56. The van der Waals surface area contributed by atoms with E-state index in [1.165, 1.54) is 29.6 Å².